The molecule has 1 N–H and O–H groups in total. The van der Waals surface area contributed by atoms with Gasteiger partial charge in [-0.15, -0.1) is 0 Å². The molecule has 0 aliphatic rings. The van der Waals surface area contributed by atoms with Gasteiger partial charge in [0.15, 0.2) is 5.13 Å². The van der Waals surface area contributed by atoms with E-state index in [0.29, 0.717) is 16.8 Å². The van der Waals surface area contributed by atoms with Gasteiger partial charge in [-0.2, -0.15) is 0 Å². The van der Waals surface area contributed by atoms with E-state index in [2.05, 4.69) is 10.3 Å². The Hall–Kier alpha value is -1.33. The van der Waals surface area contributed by atoms with E-state index in [4.69, 9.17) is 16.3 Å². The molecule has 2 aromatic rings. The van der Waals surface area contributed by atoms with Gasteiger partial charge in [-0.1, -0.05) is 22.9 Å². The Morgan fingerprint density at radius 3 is 3.19 bits per heavy atom. The van der Waals surface area contributed by atoms with Crippen molar-refractivity contribution >= 4 is 44.4 Å². The number of benzene rings is 1. The van der Waals surface area contributed by atoms with Crippen molar-refractivity contribution in [3.8, 4) is 0 Å². The average Bonchev–Trinajstić information content (AvgIpc) is 2.59. The van der Waals surface area contributed by atoms with Gasteiger partial charge in [0.1, 0.15) is 0 Å². The second-order valence-electron chi connectivity index (χ2n) is 2.98. The van der Waals surface area contributed by atoms with Crippen LogP contribution in [-0.4, -0.2) is 17.7 Å². The number of ether oxygens (including phenoxy) is 1. The number of nitrogens with zero attached hydrogens (tertiary/aromatic N) is 1. The van der Waals surface area contributed by atoms with Crippen LogP contribution in [0.5, 0.6) is 0 Å². The molecule has 84 valence electrons. The van der Waals surface area contributed by atoms with Crippen LogP contribution in [0.1, 0.15) is 6.92 Å². The molecule has 2 rings (SSSR count). The molecule has 0 radical (unpaired) electrons. The van der Waals surface area contributed by atoms with Gasteiger partial charge in [-0.05, 0) is 25.1 Å². The fraction of sp³-hybridized carbons (Fsp3) is 0.200. The highest BCUT2D eigenvalue weighted by atomic mass is 35.5. The molecule has 1 amide bonds. The lowest BCUT2D eigenvalue weighted by molar-refractivity contribution is 0.168. The number of hydrogen-bond donors (Lipinski definition) is 1. The molecule has 1 heterocycles. The molecule has 16 heavy (non-hydrogen) atoms. The Kier molecular flexibility index (Phi) is 3.26. The Labute approximate surface area is 101 Å². The zero-order valence-corrected chi connectivity index (χ0v) is 10.1. The van der Waals surface area contributed by atoms with Gasteiger partial charge >= 0.3 is 6.09 Å². The van der Waals surface area contributed by atoms with Gasteiger partial charge in [0, 0.05) is 5.02 Å². The lowest BCUT2D eigenvalue weighted by atomic mass is 10.3. The van der Waals surface area contributed by atoms with E-state index in [1.54, 1.807) is 13.0 Å². The number of halogens is 1. The molecule has 0 bridgehead atoms. The van der Waals surface area contributed by atoms with Crippen LogP contribution in [0, 0.1) is 0 Å². The molecular weight excluding hydrogens is 248 g/mol. The first-order chi connectivity index (χ1) is 7.69. The molecular formula is C10H9ClN2O2S. The zero-order chi connectivity index (χ0) is 11.5. The van der Waals surface area contributed by atoms with Gasteiger partial charge in [-0.3, -0.25) is 5.32 Å². The summed E-state index contributed by atoms with van der Waals surface area (Å²) < 4.78 is 5.69. The SMILES string of the molecule is CCOC(=O)Nc1nc2ccc(Cl)cc2s1. The summed E-state index contributed by atoms with van der Waals surface area (Å²) in [4.78, 5) is 15.4. The molecule has 0 aliphatic heterocycles. The van der Waals surface area contributed by atoms with Gasteiger partial charge < -0.3 is 4.74 Å². The minimum absolute atomic E-state index is 0.336. The summed E-state index contributed by atoms with van der Waals surface area (Å²) in [7, 11) is 0. The molecule has 1 aromatic carbocycles. The predicted octanol–water partition coefficient (Wildman–Crippen LogP) is 3.52. The van der Waals surface area contributed by atoms with Gasteiger partial charge in [0.2, 0.25) is 0 Å². The molecule has 0 saturated carbocycles. The summed E-state index contributed by atoms with van der Waals surface area (Å²) >= 11 is 7.21. The summed E-state index contributed by atoms with van der Waals surface area (Å²) in [5.74, 6) is 0. The van der Waals surface area contributed by atoms with Crippen LogP contribution < -0.4 is 5.32 Å². The topological polar surface area (TPSA) is 51.2 Å². The summed E-state index contributed by atoms with van der Waals surface area (Å²) in [6.45, 7) is 2.08. The highest BCUT2D eigenvalue weighted by Crippen LogP contribution is 2.28. The monoisotopic (exact) mass is 256 g/mol. The third-order valence-corrected chi connectivity index (χ3v) is 3.00. The van der Waals surface area contributed by atoms with Crippen molar-refractivity contribution < 1.29 is 9.53 Å². The van der Waals surface area contributed by atoms with Crippen LogP contribution in [0.25, 0.3) is 10.2 Å². The highest BCUT2D eigenvalue weighted by Gasteiger charge is 2.07. The second-order valence-corrected chi connectivity index (χ2v) is 4.44. The van der Waals surface area contributed by atoms with Crippen LogP contribution in [0.4, 0.5) is 9.93 Å². The largest absolute Gasteiger partial charge is 0.450 e. The smallest absolute Gasteiger partial charge is 0.413 e. The van der Waals surface area contributed by atoms with Gasteiger partial charge in [-0.25, -0.2) is 9.78 Å². The fourth-order valence-corrected chi connectivity index (χ4v) is 2.33. The molecule has 1 aromatic heterocycles. The Morgan fingerprint density at radius 1 is 1.62 bits per heavy atom. The van der Waals surface area contributed by atoms with Crippen molar-refractivity contribution in [2.24, 2.45) is 0 Å². The molecule has 6 heteroatoms. The molecule has 0 aliphatic carbocycles. The number of aromatic nitrogens is 1. The normalized spacial score (nSPS) is 10.4. The fourth-order valence-electron chi connectivity index (χ4n) is 1.21. The summed E-state index contributed by atoms with van der Waals surface area (Å²) in [6, 6.07) is 5.38. The average molecular weight is 257 g/mol. The Bertz CT molecular complexity index is 527. The number of amides is 1. The van der Waals surface area contributed by atoms with E-state index < -0.39 is 6.09 Å². The molecule has 0 atom stereocenters. The van der Waals surface area contributed by atoms with Crippen molar-refractivity contribution in [1.29, 1.82) is 0 Å². The summed E-state index contributed by atoms with van der Waals surface area (Å²) in [5, 5.41) is 3.72. The van der Waals surface area contributed by atoms with E-state index in [1.165, 1.54) is 11.3 Å². The minimum atomic E-state index is -0.493. The van der Waals surface area contributed by atoms with Crippen LogP contribution >= 0.6 is 22.9 Å². The third kappa shape index (κ3) is 2.43. The number of nitrogens with one attached hydrogen (secondary N) is 1. The molecule has 0 spiro atoms. The Balaban J connectivity index is 2.23. The first-order valence-electron chi connectivity index (χ1n) is 4.69. The molecule has 0 saturated heterocycles. The van der Waals surface area contributed by atoms with Crippen LogP contribution in [0.2, 0.25) is 5.02 Å². The van der Waals surface area contributed by atoms with Crippen molar-refractivity contribution in [3.63, 3.8) is 0 Å². The van der Waals surface area contributed by atoms with E-state index in [1.807, 2.05) is 12.1 Å². The number of fused-ring (bicyclic) bond motifs is 1. The number of rotatable bonds is 2. The standard InChI is InChI=1S/C10H9ClN2O2S/c1-2-15-10(14)13-9-12-7-4-3-6(11)5-8(7)16-9/h3-5H,2H2,1H3,(H,12,13,14). The van der Waals surface area contributed by atoms with Crippen molar-refractivity contribution in [2.45, 2.75) is 6.92 Å². The Morgan fingerprint density at radius 2 is 2.44 bits per heavy atom. The van der Waals surface area contributed by atoms with Crippen molar-refractivity contribution in [1.82, 2.24) is 4.98 Å². The van der Waals surface area contributed by atoms with Crippen LogP contribution in [0.15, 0.2) is 18.2 Å². The highest BCUT2D eigenvalue weighted by molar-refractivity contribution is 7.22. The van der Waals surface area contributed by atoms with Crippen molar-refractivity contribution in [2.75, 3.05) is 11.9 Å². The maximum absolute atomic E-state index is 11.2. The third-order valence-electron chi connectivity index (χ3n) is 1.83. The first-order valence-corrected chi connectivity index (χ1v) is 5.88. The minimum Gasteiger partial charge on any atom is -0.450 e. The number of hydrogen-bond acceptors (Lipinski definition) is 4. The maximum atomic E-state index is 11.2. The van der Waals surface area contributed by atoms with E-state index in [0.717, 1.165) is 10.2 Å². The predicted molar refractivity (Wildman–Crippen MR) is 65.3 cm³/mol. The van der Waals surface area contributed by atoms with Crippen LogP contribution in [-0.2, 0) is 4.74 Å². The number of carbonyl (C=O) groups excluding carboxylic acids is 1. The van der Waals surface area contributed by atoms with E-state index in [-0.39, 0.29) is 0 Å². The summed E-state index contributed by atoms with van der Waals surface area (Å²) in [6.07, 6.45) is -0.493. The second kappa shape index (κ2) is 4.67. The quantitative estimate of drug-likeness (QED) is 0.894. The molecule has 4 nitrogen and oxygen atoms in total. The lowest BCUT2D eigenvalue weighted by Gasteiger charge is -1.99. The molecule has 0 unspecified atom stereocenters. The first kappa shape index (κ1) is 11.2. The number of carbonyl (C=O) groups is 1. The lowest BCUT2D eigenvalue weighted by Crippen LogP contribution is -2.12. The van der Waals surface area contributed by atoms with Crippen LogP contribution in [0.3, 0.4) is 0 Å². The molecule has 0 fully saturated rings. The number of thiazole rings is 1. The van der Waals surface area contributed by atoms with Crippen molar-refractivity contribution in [3.05, 3.63) is 23.2 Å². The van der Waals surface area contributed by atoms with E-state index >= 15 is 0 Å². The van der Waals surface area contributed by atoms with Gasteiger partial charge in [0.25, 0.3) is 0 Å². The van der Waals surface area contributed by atoms with E-state index in [9.17, 15) is 4.79 Å². The summed E-state index contributed by atoms with van der Waals surface area (Å²) in [5.41, 5.74) is 0.807. The zero-order valence-electron chi connectivity index (χ0n) is 8.49. The van der Waals surface area contributed by atoms with Gasteiger partial charge in [0.05, 0.1) is 16.8 Å². The number of anilines is 1. The maximum Gasteiger partial charge on any atom is 0.413 e.